The van der Waals surface area contributed by atoms with Gasteiger partial charge < -0.3 is 9.47 Å². The quantitative estimate of drug-likeness (QED) is 0.766. The van der Waals surface area contributed by atoms with E-state index >= 15 is 0 Å². The van der Waals surface area contributed by atoms with E-state index in [1.165, 1.54) is 0 Å². The third-order valence-electron chi connectivity index (χ3n) is 2.43. The predicted molar refractivity (Wildman–Crippen MR) is 63.0 cm³/mol. The Balaban J connectivity index is 2.19. The number of aromatic nitrogens is 1. The topological polar surface area (TPSA) is 31.4 Å². The highest BCUT2D eigenvalue weighted by Crippen LogP contribution is 2.34. The molecule has 1 aliphatic carbocycles. The Morgan fingerprint density at radius 3 is 2.69 bits per heavy atom. The molecule has 0 N–H and O–H groups in total. The zero-order valence-electron chi connectivity index (χ0n) is 10.2. The highest BCUT2D eigenvalue weighted by atomic mass is 16.5. The molecule has 3 nitrogen and oxygen atoms in total. The fraction of sp³-hybridized carbons (Fsp3) is 0.615. The summed E-state index contributed by atoms with van der Waals surface area (Å²) in [5.74, 6) is 1.61. The van der Waals surface area contributed by atoms with Crippen LogP contribution in [-0.4, -0.2) is 17.2 Å². The molecule has 0 radical (unpaired) electrons. The van der Waals surface area contributed by atoms with E-state index in [0.717, 1.165) is 36.5 Å². The van der Waals surface area contributed by atoms with Crippen molar-refractivity contribution in [2.75, 3.05) is 0 Å². The second-order valence-electron chi connectivity index (χ2n) is 4.46. The van der Waals surface area contributed by atoms with Crippen LogP contribution in [0.15, 0.2) is 12.3 Å². The Kier molecular flexibility index (Phi) is 3.32. The lowest BCUT2D eigenvalue weighted by Crippen LogP contribution is -2.09. The minimum atomic E-state index is 0.149. The van der Waals surface area contributed by atoms with Gasteiger partial charge in [0, 0.05) is 11.8 Å². The third kappa shape index (κ3) is 2.87. The number of pyridine rings is 1. The SMILES string of the molecule is CCc1cc(OC2CC2)c(OC(C)C)cn1. The monoisotopic (exact) mass is 221 g/mol. The fourth-order valence-electron chi connectivity index (χ4n) is 1.46. The molecule has 3 heteroatoms. The molecule has 2 rings (SSSR count). The zero-order valence-corrected chi connectivity index (χ0v) is 10.2. The van der Waals surface area contributed by atoms with Crippen molar-refractivity contribution >= 4 is 0 Å². The second-order valence-corrected chi connectivity index (χ2v) is 4.46. The number of hydrogen-bond acceptors (Lipinski definition) is 3. The third-order valence-corrected chi connectivity index (χ3v) is 2.43. The van der Waals surface area contributed by atoms with Crippen LogP contribution >= 0.6 is 0 Å². The van der Waals surface area contributed by atoms with Gasteiger partial charge in [0.15, 0.2) is 11.5 Å². The van der Waals surface area contributed by atoms with Crippen molar-refractivity contribution in [3.8, 4) is 11.5 Å². The molecule has 0 saturated heterocycles. The molecular formula is C13H19NO2. The van der Waals surface area contributed by atoms with Crippen molar-refractivity contribution in [2.45, 2.75) is 52.2 Å². The molecule has 1 aliphatic rings. The van der Waals surface area contributed by atoms with Crippen molar-refractivity contribution in [3.63, 3.8) is 0 Å². The van der Waals surface area contributed by atoms with Crippen molar-refractivity contribution in [2.24, 2.45) is 0 Å². The van der Waals surface area contributed by atoms with E-state index in [0.29, 0.717) is 6.10 Å². The first-order chi connectivity index (χ1) is 7.69. The maximum atomic E-state index is 5.83. The summed E-state index contributed by atoms with van der Waals surface area (Å²) >= 11 is 0. The van der Waals surface area contributed by atoms with Crippen molar-refractivity contribution in [1.82, 2.24) is 4.98 Å². The summed E-state index contributed by atoms with van der Waals surface area (Å²) < 4.78 is 11.5. The van der Waals surface area contributed by atoms with Gasteiger partial charge in [0.05, 0.1) is 18.4 Å². The Hall–Kier alpha value is -1.25. The van der Waals surface area contributed by atoms with Gasteiger partial charge in [0.25, 0.3) is 0 Å². The molecule has 88 valence electrons. The van der Waals surface area contributed by atoms with E-state index in [1.807, 2.05) is 19.9 Å². The lowest BCUT2D eigenvalue weighted by atomic mass is 10.2. The fourth-order valence-corrected chi connectivity index (χ4v) is 1.46. The highest BCUT2D eigenvalue weighted by Gasteiger charge is 2.25. The molecule has 0 amide bonds. The minimum absolute atomic E-state index is 0.149. The van der Waals surface area contributed by atoms with E-state index in [4.69, 9.17) is 9.47 Å². The molecule has 1 heterocycles. The molecule has 1 aromatic heterocycles. The van der Waals surface area contributed by atoms with Crippen LogP contribution in [0, 0.1) is 0 Å². The largest absolute Gasteiger partial charge is 0.486 e. The van der Waals surface area contributed by atoms with E-state index < -0.39 is 0 Å². The first-order valence-electron chi connectivity index (χ1n) is 6.01. The maximum Gasteiger partial charge on any atom is 0.179 e. The number of ether oxygens (including phenoxy) is 2. The van der Waals surface area contributed by atoms with Gasteiger partial charge in [-0.15, -0.1) is 0 Å². The minimum Gasteiger partial charge on any atom is -0.486 e. The van der Waals surface area contributed by atoms with Gasteiger partial charge in [-0.1, -0.05) is 6.92 Å². The summed E-state index contributed by atoms with van der Waals surface area (Å²) in [6.07, 6.45) is 5.55. The van der Waals surface area contributed by atoms with E-state index in [-0.39, 0.29) is 6.10 Å². The van der Waals surface area contributed by atoms with Crippen LogP contribution in [0.25, 0.3) is 0 Å². The molecule has 0 spiro atoms. The van der Waals surface area contributed by atoms with Gasteiger partial charge in [-0.3, -0.25) is 4.98 Å². The van der Waals surface area contributed by atoms with Gasteiger partial charge in [-0.25, -0.2) is 0 Å². The van der Waals surface area contributed by atoms with Crippen LogP contribution < -0.4 is 9.47 Å². The number of aryl methyl sites for hydroxylation is 1. The zero-order chi connectivity index (χ0) is 11.5. The molecule has 0 aromatic carbocycles. The first kappa shape index (κ1) is 11.2. The van der Waals surface area contributed by atoms with Gasteiger partial charge in [0.2, 0.25) is 0 Å². The second kappa shape index (κ2) is 4.73. The molecule has 0 atom stereocenters. The standard InChI is InChI=1S/C13H19NO2/c1-4-10-7-12(16-11-5-6-11)13(8-14-10)15-9(2)3/h7-9,11H,4-6H2,1-3H3. The summed E-state index contributed by atoms with van der Waals surface area (Å²) in [6.45, 7) is 6.11. The summed E-state index contributed by atoms with van der Waals surface area (Å²) in [5, 5.41) is 0. The Morgan fingerprint density at radius 1 is 1.38 bits per heavy atom. The Labute approximate surface area is 96.8 Å². The highest BCUT2D eigenvalue weighted by molar-refractivity contribution is 5.39. The van der Waals surface area contributed by atoms with E-state index in [2.05, 4.69) is 11.9 Å². The summed E-state index contributed by atoms with van der Waals surface area (Å²) in [4.78, 5) is 4.33. The lowest BCUT2D eigenvalue weighted by molar-refractivity contribution is 0.216. The average molecular weight is 221 g/mol. The first-order valence-corrected chi connectivity index (χ1v) is 6.01. The molecule has 0 bridgehead atoms. The number of rotatable bonds is 5. The molecule has 1 fully saturated rings. The van der Waals surface area contributed by atoms with Crippen LogP contribution in [0.2, 0.25) is 0 Å². The molecule has 0 unspecified atom stereocenters. The van der Waals surface area contributed by atoms with Crippen LogP contribution in [-0.2, 0) is 6.42 Å². The smallest absolute Gasteiger partial charge is 0.179 e. The normalized spacial score (nSPS) is 15.2. The average Bonchev–Trinajstić information content (AvgIpc) is 3.04. The molecular weight excluding hydrogens is 202 g/mol. The number of hydrogen-bond donors (Lipinski definition) is 0. The molecule has 1 saturated carbocycles. The van der Waals surface area contributed by atoms with Crippen molar-refractivity contribution in [3.05, 3.63) is 18.0 Å². The molecule has 1 aromatic rings. The summed E-state index contributed by atoms with van der Waals surface area (Å²) in [5.41, 5.74) is 1.05. The lowest BCUT2D eigenvalue weighted by Gasteiger charge is -2.15. The van der Waals surface area contributed by atoms with Gasteiger partial charge in [-0.05, 0) is 33.1 Å². The summed E-state index contributed by atoms with van der Waals surface area (Å²) in [7, 11) is 0. The molecule has 0 aliphatic heterocycles. The van der Waals surface area contributed by atoms with Gasteiger partial charge in [0.1, 0.15) is 0 Å². The Morgan fingerprint density at radius 2 is 2.12 bits per heavy atom. The van der Waals surface area contributed by atoms with Gasteiger partial charge in [-0.2, -0.15) is 0 Å². The van der Waals surface area contributed by atoms with Crippen molar-refractivity contribution in [1.29, 1.82) is 0 Å². The van der Waals surface area contributed by atoms with Crippen LogP contribution in [0.5, 0.6) is 11.5 Å². The Bertz CT molecular complexity index is 359. The predicted octanol–water partition coefficient (Wildman–Crippen LogP) is 2.97. The number of nitrogens with zero attached hydrogens (tertiary/aromatic N) is 1. The van der Waals surface area contributed by atoms with E-state index in [9.17, 15) is 0 Å². The molecule has 16 heavy (non-hydrogen) atoms. The maximum absolute atomic E-state index is 5.83. The summed E-state index contributed by atoms with van der Waals surface area (Å²) in [6, 6.07) is 2.00. The van der Waals surface area contributed by atoms with Crippen LogP contribution in [0.4, 0.5) is 0 Å². The van der Waals surface area contributed by atoms with E-state index in [1.54, 1.807) is 6.20 Å². The van der Waals surface area contributed by atoms with Crippen molar-refractivity contribution < 1.29 is 9.47 Å². The van der Waals surface area contributed by atoms with Gasteiger partial charge >= 0.3 is 0 Å². The van der Waals surface area contributed by atoms with Crippen LogP contribution in [0.3, 0.4) is 0 Å². The van der Waals surface area contributed by atoms with Crippen LogP contribution in [0.1, 0.15) is 39.3 Å².